The van der Waals surface area contributed by atoms with E-state index in [0.717, 1.165) is 32.2 Å². The second-order valence-corrected chi connectivity index (χ2v) is 5.94. The van der Waals surface area contributed by atoms with Crippen molar-refractivity contribution in [3.63, 3.8) is 0 Å². The highest BCUT2D eigenvalue weighted by atomic mass is 16.5. The largest absolute Gasteiger partial charge is 0.364 e. The fourth-order valence-corrected chi connectivity index (χ4v) is 3.20. The van der Waals surface area contributed by atoms with E-state index in [1.807, 2.05) is 30.0 Å². The Balaban J connectivity index is 2.03. The number of benzene rings is 1. The summed E-state index contributed by atoms with van der Waals surface area (Å²) >= 11 is 0. The Bertz CT molecular complexity index is 463. The minimum Gasteiger partial charge on any atom is -0.364 e. The first-order valence-electron chi connectivity index (χ1n) is 8.39. The van der Waals surface area contributed by atoms with Gasteiger partial charge >= 0.3 is 0 Å². The Morgan fingerprint density at radius 1 is 1.32 bits per heavy atom. The van der Waals surface area contributed by atoms with Crippen LogP contribution in [0.1, 0.15) is 38.7 Å². The topological polar surface area (TPSA) is 55.6 Å². The molecule has 0 aliphatic carbocycles. The first-order valence-corrected chi connectivity index (χ1v) is 8.39. The van der Waals surface area contributed by atoms with Gasteiger partial charge < -0.3 is 15.4 Å². The van der Waals surface area contributed by atoms with Gasteiger partial charge in [0.2, 0.25) is 0 Å². The van der Waals surface area contributed by atoms with E-state index in [0.29, 0.717) is 6.54 Å². The van der Waals surface area contributed by atoms with Crippen molar-refractivity contribution in [2.75, 3.05) is 13.1 Å². The van der Waals surface area contributed by atoms with Gasteiger partial charge in [0.25, 0.3) is 5.91 Å². The fraction of sp³-hybridized carbons (Fsp3) is 0.611. The zero-order valence-corrected chi connectivity index (χ0v) is 13.7. The van der Waals surface area contributed by atoms with E-state index < -0.39 is 0 Å². The van der Waals surface area contributed by atoms with Crippen LogP contribution in [-0.4, -0.2) is 42.1 Å². The molecule has 3 atom stereocenters. The molecule has 2 rings (SSSR count). The summed E-state index contributed by atoms with van der Waals surface area (Å²) in [7, 11) is 0. The first kappa shape index (κ1) is 17.0. The average molecular weight is 304 g/mol. The van der Waals surface area contributed by atoms with Gasteiger partial charge in [-0.2, -0.15) is 0 Å². The molecule has 4 nitrogen and oxygen atoms in total. The highest BCUT2D eigenvalue weighted by molar-refractivity contribution is 5.81. The molecule has 1 aromatic rings. The van der Waals surface area contributed by atoms with Gasteiger partial charge in [0.05, 0.1) is 6.10 Å². The lowest BCUT2D eigenvalue weighted by Crippen LogP contribution is -2.46. The molecule has 2 N–H and O–H groups in total. The van der Waals surface area contributed by atoms with Crippen molar-refractivity contribution < 1.29 is 9.53 Å². The highest BCUT2D eigenvalue weighted by Gasteiger charge is 2.34. The van der Waals surface area contributed by atoms with Crippen LogP contribution in [0.15, 0.2) is 30.3 Å². The van der Waals surface area contributed by atoms with E-state index in [4.69, 9.17) is 10.5 Å². The van der Waals surface area contributed by atoms with Gasteiger partial charge in [0.1, 0.15) is 6.10 Å². The maximum Gasteiger partial charge on any atom is 0.251 e. The van der Waals surface area contributed by atoms with Gasteiger partial charge in [0.15, 0.2) is 0 Å². The molecule has 22 heavy (non-hydrogen) atoms. The van der Waals surface area contributed by atoms with E-state index in [1.54, 1.807) is 0 Å². The van der Waals surface area contributed by atoms with Crippen LogP contribution in [-0.2, 0) is 16.0 Å². The van der Waals surface area contributed by atoms with Crippen molar-refractivity contribution in [3.8, 4) is 0 Å². The molecule has 1 fully saturated rings. The number of hydrogen-bond donors (Lipinski definition) is 1. The molecule has 1 heterocycles. The summed E-state index contributed by atoms with van der Waals surface area (Å²) in [6.07, 6.45) is 3.25. The highest BCUT2D eigenvalue weighted by Crippen LogP contribution is 2.23. The number of carbonyl (C=O) groups is 1. The third-order valence-corrected chi connectivity index (χ3v) is 4.50. The van der Waals surface area contributed by atoms with Gasteiger partial charge in [-0.1, -0.05) is 37.3 Å². The van der Waals surface area contributed by atoms with Crippen LogP contribution < -0.4 is 5.73 Å². The molecule has 1 aliphatic rings. The Labute approximate surface area is 133 Å². The summed E-state index contributed by atoms with van der Waals surface area (Å²) in [6, 6.07) is 10.6. The predicted molar refractivity (Wildman–Crippen MR) is 88.6 cm³/mol. The van der Waals surface area contributed by atoms with E-state index in [2.05, 4.69) is 19.1 Å². The Kier molecular flexibility index (Phi) is 6.40. The monoisotopic (exact) mass is 304 g/mol. The smallest absolute Gasteiger partial charge is 0.251 e. The summed E-state index contributed by atoms with van der Waals surface area (Å²) in [4.78, 5) is 14.8. The van der Waals surface area contributed by atoms with Gasteiger partial charge in [-0.3, -0.25) is 4.79 Å². The van der Waals surface area contributed by atoms with E-state index >= 15 is 0 Å². The first-order chi connectivity index (χ1) is 10.7. The summed E-state index contributed by atoms with van der Waals surface area (Å²) in [5.41, 5.74) is 6.91. The van der Waals surface area contributed by atoms with Crippen LogP contribution in [0.25, 0.3) is 0 Å². The van der Waals surface area contributed by atoms with Gasteiger partial charge in [-0.25, -0.2) is 0 Å². The minimum atomic E-state index is -0.307. The van der Waals surface area contributed by atoms with Crippen LogP contribution in [0.2, 0.25) is 0 Å². The Morgan fingerprint density at radius 2 is 2.05 bits per heavy atom. The van der Waals surface area contributed by atoms with Crippen molar-refractivity contribution in [2.24, 2.45) is 5.73 Å². The van der Waals surface area contributed by atoms with E-state index in [1.165, 1.54) is 5.56 Å². The molecule has 0 saturated carbocycles. The molecule has 1 saturated heterocycles. The van der Waals surface area contributed by atoms with Crippen molar-refractivity contribution in [3.05, 3.63) is 35.9 Å². The SMILES string of the molecule is CCC(Cc1ccccc1)N(CC)C(=O)[C@@H]1CC[C@H](CN)O1. The Hall–Kier alpha value is -1.39. The number of likely N-dealkylation sites (N-methyl/N-ethyl adjacent to an activating group) is 1. The number of hydrogen-bond acceptors (Lipinski definition) is 3. The zero-order valence-electron chi connectivity index (χ0n) is 13.7. The lowest BCUT2D eigenvalue weighted by atomic mass is 10.0. The molecular formula is C18H28N2O2. The molecule has 1 aliphatic heterocycles. The number of nitrogens with two attached hydrogens (primary N) is 1. The number of ether oxygens (including phenoxy) is 1. The third kappa shape index (κ3) is 4.08. The average Bonchev–Trinajstić information content (AvgIpc) is 3.04. The summed E-state index contributed by atoms with van der Waals surface area (Å²) in [6.45, 7) is 5.40. The number of carbonyl (C=O) groups excluding carboxylic acids is 1. The molecule has 0 radical (unpaired) electrons. The molecule has 1 aromatic carbocycles. The quantitative estimate of drug-likeness (QED) is 0.841. The van der Waals surface area contributed by atoms with Crippen LogP contribution >= 0.6 is 0 Å². The molecule has 0 bridgehead atoms. The summed E-state index contributed by atoms with van der Waals surface area (Å²) in [5.74, 6) is 0.126. The maximum atomic E-state index is 12.8. The van der Waals surface area contributed by atoms with Gasteiger partial charge in [0, 0.05) is 19.1 Å². The van der Waals surface area contributed by atoms with E-state index in [-0.39, 0.29) is 24.2 Å². The Morgan fingerprint density at radius 3 is 2.59 bits per heavy atom. The predicted octanol–water partition coefficient (Wildman–Crippen LogP) is 2.36. The molecule has 1 unspecified atom stereocenters. The lowest BCUT2D eigenvalue weighted by Gasteiger charge is -2.32. The van der Waals surface area contributed by atoms with E-state index in [9.17, 15) is 4.79 Å². The van der Waals surface area contributed by atoms with Gasteiger partial charge in [-0.15, -0.1) is 0 Å². The molecule has 1 amide bonds. The zero-order chi connectivity index (χ0) is 15.9. The van der Waals surface area contributed by atoms with Crippen LogP contribution in [0.5, 0.6) is 0 Å². The summed E-state index contributed by atoms with van der Waals surface area (Å²) in [5, 5.41) is 0. The van der Waals surface area contributed by atoms with Crippen LogP contribution in [0, 0.1) is 0 Å². The lowest BCUT2D eigenvalue weighted by molar-refractivity contribution is -0.145. The van der Waals surface area contributed by atoms with Gasteiger partial charge in [-0.05, 0) is 38.2 Å². The maximum absolute atomic E-state index is 12.8. The normalized spacial score (nSPS) is 22.5. The fourth-order valence-electron chi connectivity index (χ4n) is 3.20. The second kappa shape index (κ2) is 8.30. The standard InChI is InChI=1S/C18H28N2O2/c1-3-15(12-14-8-6-5-7-9-14)20(4-2)18(21)17-11-10-16(13-19)22-17/h5-9,15-17H,3-4,10-13,19H2,1-2H3/t15?,16-,17+/m1/s1. The second-order valence-electron chi connectivity index (χ2n) is 5.94. The van der Waals surface area contributed by atoms with Crippen LogP contribution in [0.4, 0.5) is 0 Å². The molecular weight excluding hydrogens is 276 g/mol. The van der Waals surface area contributed by atoms with Crippen molar-refractivity contribution in [1.29, 1.82) is 0 Å². The summed E-state index contributed by atoms with van der Waals surface area (Å²) < 4.78 is 5.78. The third-order valence-electron chi connectivity index (χ3n) is 4.50. The van der Waals surface area contributed by atoms with Crippen LogP contribution in [0.3, 0.4) is 0 Å². The van der Waals surface area contributed by atoms with Crippen molar-refractivity contribution in [1.82, 2.24) is 4.90 Å². The molecule has 0 spiro atoms. The molecule has 122 valence electrons. The van der Waals surface area contributed by atoms with Crippen molar-refractivity contribution >= 4 is 5.91 Å². The number of rotatable bonds is 7. The molecule has 0 aromatic heterocycles. The minimum absolute atomic E-state index is 0.0434. The number of amides is 1. The van der Waals surface area contributed by atoms with Crippen molar-refractivity contribution in [2.45, 2.75) is 57.8 Å². The molecule has 4 heteroatoms. The number of nitrogens with zero attached hydrogens (tertiary/aromatic N) is 1.